The Hall–Kier alpha value is -1.30. The van der Waals surface area contributed by atoms with Gasteiger partial charge in [0.2, 0.25) is 0 Å². The molecule has 1 atom stereocenters. The summed E-state index contributed by atoms with van der Waals surface area (Å²) in [6.07, 6.45) is -0.572. The summed E-state index contributed by atoms with van der Waals surface area (Å²) in [6.45, 7) is 4.36. The van der Waals surface area contributed by atoms with Crippen molar-refractivity contribution in [2.24, 2.45) is 5.73 Å². The maximum absolute atomic E-state index is 12.3. The Morgan fingerprint density at radius 3 is 2.85 bits per heavy atom. The van der Waals surface area contributed by atoms with Gasteiger partial charge in [0.1, 0.15) is 5.75 Å². The lowest BCUT2D eigenvalue weighted by atomic mass is 10.2. The zero-order chi connectivity index (χ0) is 14.5. The van der Waals surface area contributed by atoms with E-state index >= 15 is 0 Å². The van der Waals surface area contributed by atoms with Crippen molar-refractivity contribution in [1.29, 1.82) is 0 Å². The minimum absolute atomic E-state index is 0.0451. The number of ether oxygens (including phenoxy) is 2. The molecule has 1 aromatic rings. The van der Waals surface area contributed by atoms with E-state index in [2.05, 4.69) is 0 Å². The molecule has 2 rings (SSSR count). The number of nitrogens with two attached hydrogens (primary N) is 1. The van der Waals surface area contributed by atoms with Gasteiger partial charge in [-0.3, -0.25) is 4.79 Å². The topological polar surface area (TPSA) is 64.8 Å². The van der Waals surface area contributed by atoms with E-state index in [1.54, 1.807) is 30.0 Å². The van der Waals surface area contributed by atoms with E-state index < -0.39 is 6.10 Å². The fourth-order valence-corrected chi connectivity index (χ4v) is 2.37. The Morgan fingerprint density at radius 2 is 2.20 bits per heavy atom. The highest BCUT2D eigenvalue weighted by Gasteiger charge is 2.24. The van der Waals surface area contributed by atoms with Crippen LogP contribution in [0.25, 0.3) is 0 Å². The van der Waals surface area contributed by atoms with Crippen LogP contribution < -0.4 is 10.5 Å². The summed E-state index contributed by atoms with van der Waals surface area (Å²) >= 11 is 6.07. The molecule has 1 amide bonds. The number of carbonyl (C=O) groups is 1. The molecule has 1 aliphatic heterocycles. The summed E-state index contributed by atoms with van der Waals surface area (Å²) in [6, 6.07) is 5.31. The zero-order valence-electron chi connectivity index (χ0n) is 11.5. The van der Waals surface area contributed by atoms with E-state index in [4.69, 9.17) is 26.8 Å². The minimum Gasteiger partial charge on any atom is -0.481 e. The van der Waals surface area contributed by atoms with Gasteiger partial charge in [0, 0.05) is 30.2 Å². The smallest absolute Gasteiger partial charge is 0.263 e. The summed E-state index contributed by atoms with van der Waals surface area (Å²) in [5, 5.41) is 0.552. The first-order chi connectivity index (χ1) is 9.63. The lowest BCUT2D eigenvalue weighted by Gasteiger charge is -2.29. The molecule has 2 N–H and O–H groups in total. The molecule has 0 aromatic heterocycles. The number of carbonyl (C=O) groups excluding carboxylic acids is 1. The number of nitrogens with zero attached hydrogens (tertiary/aromatic N) is 1. The molecule has 1 saturated heterocycles. The van der Waals surface area contributed by atoms with Gasteiger partial charge in [0.25, 0.3) is 5.91 Å². The molecule has 1 heterocycles. The number of benzene rings is 1. The lowest BCUT2D eigenvalue weighted by Crippen LogP contribution is -2.46. The Kier molecular flexibility index (Phi) is 5.23. The normalized spacial score (nSPS) is 16.9. The monoisotopic (exact) mass is 298 g/mol. The molecule has 1 fully saturated rings. The highest BCUT2D eigenvalue weighted by Crippen LogP contribution is 2.26. The van der Waals surface area contributed by atoms with Crippen molar-refractivity contribution >= 4 is 17.5 Å². The van der Waals surface area contributed by atoms with Gasteiger partial charge in [0.15, 0.2) is 6.10 Å². The van der Waals surface area contributed by atoms with Gasteiger partial charge in [-0.15, -0.1) is 0 Å². The van der Waals surface area contributed by atoms with Crippen LogP contribution in [0, 0.1) is 0 Å². The van der Waals surface area contributed by atoms with Crippen LogP contribution in [0.3, 0.4) is 0 Å². The molecular weight excluding hydrogens is 280 g/mol. The Morgan fingerprint density at radius 1 is 1.50 bits per heavy atom. The van der Waals surface area contributed by atoms with Crippen LogP contribution in [0.2, 0.25) is 5.02 Å². The second-order valence-corrected chi connectivity index (χ2v) is 5.03. The van der Waals surface area contributed by atoms with Crippen molar-refractivity contribution < 1.29 is 14.3 Å². The SMILES string of the molecule is CC(Oc1cccc(Cl)c1CN)C(=O)N1CCOCC1. The van der Waals surface area contributed by atoms with Crippen molar-refractivity contribution in [1.82, 2.24) is 4.90 Å². The zero-order valence-corrected chi connectivity index (χ0v) is 12.2. The number of hydrogen-bond donors (Lipinski definition) is 1. The average Bonchev–Trinajstić information content (AvgIpc) is 2.47. The summed E-state index contributed by atoms with van der Waals surface area (Å²) < 4.78 is 11.0. The van der Waals surface area contributed by atoms with E-state index in [0.29, 0.717) is 37.1 Å². The molecule has 5 nitrogen and oxygen atoms in total. The van der Waals surface area contributed by atoms with Gasteiger partial charge in [0.05, 0.1) is 13.2 Å². The first-order valence-electron chi connectivity index (χ1n) is 6.64. The van der Waals surface area contributed by atoms with Crippen molar-refractivity contribution in [3.63, 3.8) is 0 Å². The fraction of sp³-hybridized carbons (Fsp3) is 0.500. The third-order valence-corrected chi connectivity index (χ3v) is 3.61. The molecule has 0 spiro atoms. The maximum atomic E-state index is 12.3. The molecule has 6 heteroatoms. The summed E-state index contributed by atoms with van der Waals surface area (Å²) in [4.78, 5) is 14.0. The van der Waals surface area contributed by atoms with Gasteiger partial charge < -0.3 is 20.1 Å². The molecule has 20 heavy (non-hydrogen) atoms. The second-order valence-electron chi connectivity index (χ2n) is 4.62. The average molecular weight is 299 g/mol. The first kappa shape index (κ1) is 15.1. The third kappa shape index (κ3) is 3.42. The molecule has 110 valence electrons. The van der Waals surface area contributed by atoms with Crippen LogP contribution in [0.1, 0.15) is 12.5 Å². The van der Waals surface area contributed by atoms with Crippen molar-refractivity contribution in [2.45, 2.75) is 19.6 Å². The van der Waals surface area contributed by atoms with Crippen LogP contribution >= 0.6 is 11.6 Å². The molecule has 1 unspecified atom stereocenters. The van der Waals surface area contributed by atoms with Gasteiger partial charge in [-0.2, -0.15) is 0 Å². The molecule has 1 aliphatic rings. The van der Waals surface area contributed by atoms with E-state index in [1.165, 1.54) is 0 Å². The molecule has 0 bridgehead atoms. The van der Waals surface area contributed by atoms with Gasteiger partial charge in [-0.05, 0) is 19.1 Å². The maximum Gasteiger partial charge on any atom is 0.263 e. The van der Waals surface area contributed by atoms with E-state index in [9.17, 15) is 4.79 Å². The van der Waals surface area contributed by atoms with Gasteiger partial charge in [-0.1, -0.05) is 17.7 Å². The quantitative estimate of drug-likeness (QED) is 0.913. The number of amides is 1. The minimum atomic E-state index is -0.572. The number of rotatable bonds is 4. The third-order valence-electron chi connectivity index (χ3n) is 3.25. The molecule has 0 aliphatic carbocycles. The summed E-state index contributed by atoms with van der Waals surface area (Å²) in [7, 11) is 0. The number of halogens is 1. The number of hydrogen-bond acceptors (Lipinski definition) is 4. The first-order valence-corrected chi connectivity index (χ1v) is 7.02. The molecule has 0 radical (unpaired) electrons. The summed E-state index contributed by atoms with van der Waals surface area (Å²) in [5.41, 5.74) is 6.39. The van der Waals surface area contributed by atoms with Crippen LogP contribution in [0.5, 0.6) is 5.75 Å². The van der Waals surface area contributed by atoms with E-state index in [0.717, 1.165) is 5.56 Å². The standard InChI is InChI=1S/C14H19ClN2O3/c1-10(14(18)17-5-7-19-8-6-17)20-13-4-2-3-12(15)11(13)9-16/h2-4,10H,5-9,16H2,1H3. The van der Waals surface area contributed by atoms with Gasteiger partial charge >= 0.3 is 0 Å². The van der Waals surface area contributed by atoms with Crippen LogP contribution in [0.15, 0.2) is 18.2 Å². The van der Waals surface area contributed by atoms with Crippen LogP contribution in [0.4, 0.5) is 0 Å². The number of morpholine rings is 1. The Balaban J connectivity index is 2.05. The molecule has 0 saturated carbocycles. The largest absolute Gasteiger partial charge is 0.481 e. The predicted molar refractivity (Wildman–Crippen MR) is 76.8 cm³/mol. The van der Waals surface area contributed by atoms with Gasteiger partial charge in [-0.25, -0.2) is 0 Å². The van der Waals surface area contributed by atoms with Crippen LogP contribution in [-0.2, 0) is 16.1 Å². The summed E-state index contributed by atoms with van der Waals surface area (Å²) in [5.74, 6) is 0.519. The van der Waals surface area contributed by atoms with E-state index in [1.807, 2.05) is 0 Å². The lowest BCUT2D eigenvalue weighted by molar-refractivity contribution is -0.142. The highest BCUT2D eigenvalue weighted by atomic mass is 35.5. The van der Waals surface area contributed by atoms with E-state index in [-0.39, 0.29) is 12.5 Å². The van der Waals surface area contributed by atoms with Crippen LogP contribution in [-0.4, -0.2) is 43.2 Å². The second kappa shape index (κ2) is 6.92. The van der Waals surface area contributed by atoms with Crippen molar-refractivity contribution in [3.05, 3.63) is 28.8 Å². The highest BCUT2D eigenvalue weighted by molar-refractivity contribution is 6.31. The Labute approximate surface area is 123 Å². The van der Waals surface area contributed by atoms with Crippen molar-refractivity contribution in [3.8, 4) is 5.75 Å². The fourth-order valence-electron chi connectivity index (χ4n) is 2.13. The Bertz CT molecular complexity index is 475. The molecular formula is C14H19ClN2O3. The predicted octanol–water partition coefficient (Wildman–Crippen LogP) is 1.42. The molecule has 1 aromatic carbocycles. The van der Waals surface area contributed by atoms with Crippen molar-refractivity contribution in [2.75, 3.05) is 26.3 Å².